The van der Waals surface area contributed by atoms with Gasteiger partial charge in [-0.1, -0.05) is 30.3 Å². The summed E-state index contributed by atoms with van der Waals surface area (Å²) in [6, 6.07) is 11.0. The van der Waals surface area contributed by atoms with Crippen molar-refractivity contribution in [3.05, 3.63) is 53.1 Å². The van der Waals surface area contributed by atoms with Crippen molar-refractivity contribution in [3.8, 4) is 11.5 Å². The van der Waals surface area contributed by atoms with E-state index in [2.05, 4.69) is 0 Å². The van der Waals surface area contributed by atoms with Crippen LogP contribution in [0, 0.1) is 6.92 Å². The lowest BCUT2D eigenvalue weighted by Crippen LogP contribution is -2.15. The highest BCUT2D eigenvalue weighted by atomic mass is 17.2. The lowest BCUT2D eigenvalue weighted by molar-refractivity contribution is -0.0849. The van der Waals surface area contributed by atoms with Crippen LogP contribution in [0.1, 0.15) is 21.5 Å². The molecular formula is C16H15NO3. The molecular weight excluding hydrogens is 254 g/mol. The molecule has 0 aromatic heterocycles. The van der Waals surface area contributed by atoms with Crippen LogP contribution in [0.25, 0.3) is 0 Å². The molecule has 4 heteroatoms. The molecule has 4 nitrogen and oxygen atoms in total. The lowest BCUT2D eigenvalue weighted by atomic mass is 9.97. The molecule has 0 amide bonds. The Morgan fingerprint density at radius 3 is 2.45 bits per heavy atom. The van der Waals surface area contributed by atoms with E-state index >= 15 is 0 Å². The Labute approximate surface area is 117 Å². The second-order valence-corrected chi connectivity index (χ2v) is 4.98. The van der Waals surface area contributed by atoms with Crippen molar-refractivity contribution in [2.24, 2.45) is 0 Å². The van der Waals surface area contributed by atoms with E-state index in [1.165, 1.54) is 0 Å². The summed E-state index contributed by atoms with van der Waals surface area (Å²) in [5, 5.41) is 0. The summed E-state index contributed by atoms with van der Waals surface area (Å²) in [5.41, 5.74) is 2.83. The molecule has 102 valence electrons. The predicted molar refractivity (Wildman–Crippen MR) is 76.6 cm³/mol. The number of hydrogen-bond acceptors (Lipinski definition) is 4. The second kappa shape index (κ2) is 4.56. The first-order valence-electron chi connectivity index (χ1n) is 6.39. The van der Waals surface area contributed by atoms with Crippen LogP contribution in [0.5, 0.6) is 11.5 Å². The smallest absolute Gasteiger partial charge is 0.199 e. The summed E-state index contributed by atoms with van der Waals surface area (Å²) in [7, 11) is 3.79. The molecule has 1 heterocycles. The molecule has 2 bridgehead atoms. The summed E-state index contributed by atoms with van der Waals surface area (Å²) in [4.78, 5) is 25.0. The normalized spacial score (nSPS) is 11.8. The summed E-state index contributed by atoms with van der Waals surface area (Å²) < 4.78 is 0. The highest BCUT2D eigenvalue weighted by molar-refractivity contribution is 6.14. The number of anilines is 1. The third-order valence-electron chi connectivity index (χ3n) is 3.42. The third-order valence-corrected chi connectivity index (χ3v) is 3.42. The number of rotatable bonds is 3. The maximum absolute atomic E-state index is 12.8. The molecule has 0 saturated heterocycles. The van der Waals surface area contributed by atoms with Gasteiger partial charge in [-0.15, -0.1) is 0 Å². The molecule has 1 aliphatic rings. The number of benzene rings is 2. The molecule has 2 aromatic rings. The highest BCUT2D eigenvalue weighted by Gasteiger charge is 2.30. The minimum Gasteiger partial charge on any atom is -0.377 e. The molecule has 0 N–H and O–H groups in total. The number of carbonyl (C=O) groups is 1. The Morgan fingerprint density at radius 2 is 1.80 bits per heavy atom. The van der Waals surface area contributed by atoms with Gasteiger partial charge in [0.2, 0.25) is 0 Å². The minimum atomic E-state index is -0.0653. The molecule has 0 fully saturated rings. The van der Waals surface area contributed by atoms with Crippen molar-refractivity contribution >= 4 is 11.5 Å². The van der Waals surface area contributed by atoms with E-state index in [9.17, 15) is 4.79 Å². The van der Waals surface area contributed by atoms with Crippen LogP contribution in [0.15, 0.2) is 36.4 Å². The fraction of sp³-hybridized carbons (Fsp3) is 0.188. The maximum Gasteiger partial charge on any atom is 0.199 e. The van der Waals surface area contributed by atoms with Crippen molar-refractivity contribution in [1.29, 1.82) is 0 Å². The number of ketones is 1. The van der Waals surface area contributed by atoms with Crippen molar-refractivity contribution in [1.82, 2.24) is 0 Å². The van der Waals surface area contributed by atoms with E-state index in [1.807, 2.05) is 50.2 Å². The summed E-state index contributed by atoms with van der Waals surface area (Å²) in [5.74, 6) is 1.11. The Kier molecular flexibility index (Phi) is 2.86. The van der Waals surface area contributed by atoms with Crippen LogP contribution in [0.4, 0.5) is 5.69 Å². The monoisotopic (exact) mass is 269 g/mol. The van der Waals surface area contributed by atoms with Crippen LogP contribution in [0.3, 0.4) is 0 Å². The number of fused-ring (bicyclic) bond motifs is 2. The van der Waals surface area contributed by atoms with Crippen LogP contribution >= 0.6 is 0 Å². The average Bonchev–Trinajstić information content (AvgIpc) is 2.70. The first kappa shape index (κ1) is 12.5. The van der Waals surface area contributed by atoms with Gasteiger partial charge < -0.3 is 4.90 Å². The van der Waals surface area contributed by atoms with E-state index in [-0.39, 0.29) is 5.78 Å². The molecule has 0 unspecified atom stereocenters. The number of hydrogen-bond donors (Lipinski definition) is 0. The zero-order valence-corrected chi connectivity index (χ0v) is 11.6. The summed E-state index contributed by atoms with van der Waals surface area (Å²) >= 11 is 0. The number of nitrogens with zero attached hydrogens (tertiary/aromatic N) is 1. The number of carbonyl (C=O) groups excluding carboxylic acids is 1. The van der Waals surface area contributed by atoms with Gasteiger partial charge in [0.15, 0.2) is 17.3 Å². The molecule has 0 saturated carbocycles. The fourth-order valence-electron chi connectivity index (χ4n) is 2.30. The van der Waals surface area contributed by atoms with Gasteiger partial charge in [0.25, 0.3) is 0 Å². The van der Waals surface area contributed by atoms with Gasteiger partial charge in [0.05, 0.1) is 11.3 Å². The molecule has 20 heavy (non-hydrogen) atoms. The van der Waals surface area contributed by atoms with Crippen molar-refractivity contribution in [2.75, 3.05) is 19.0 Å². The Balaban J connectivity index is 2.20. The van der Waals surface area contributed by atoms with E-state index in [1.54, 1.807) is 12.1 Å². The lowest BCUT2D eigenvalue weighted by Gasteiger charge is -2.17. The molecule has 0 aliphatic carbocycles. The third kappa shape index (κ3) is 1.81. The fourth-order valence-corrected chi connectivity index (χ4v) is 2.30. The van der Waals surface area contributed by atoms with Gasteiger partial charge in [-0.3, -0.25) is 14.6 Å². The van der Waals surface area contributed by atoms with E-state index in [0.29, 0.717) is 22.6 Å². The van der Waals surface area contributed by atoms with Crippen LogP contribution in [-0.4, -0.2) is 19.9 Å². The zero-order chi connectivity index (χ0) is 14.3. The minimum absolute atomic E-state index is 0.0653. The van der Waals surface area contributed by atoms with Crippen LogP contribution in [0.2, 0.25) is 0 Å². The van der Waals surface area contributed by atoms with Gasteiger partial charge in [0.1, 0.15) is 0 Å². The molecule has 0 spiro atoms. The first-order chi connectivity index (χ1) is 9.59. The van der Waals surface area contributed by atoms with E-state index in [4.69, 9.17) is 9.78 Å². The second-order valence-electron chi connectivity index (χ2n) is 4.98. The van der Waals surface area contributed by atoms with Crippen LogP contribution in [-0.2, 0) is 0 Å². The standard InChI is InChI=1S/C16H15NO3/c1-10-13-9-12(17(2)3)14(16(10)20-19-13)15(18)11-7-5-4-6-8-11/h4-9H,1-3H3. The maximum atomic E-state index is 12.8. The van der Waals surface area contributed by atoms with Crippen LogP contribution < -0.4 is 14.7 Å². The topological polar surface area (TPSA) is 38.8 Å². The molecule has 0 radical (unpaired) electrons. The van der Waals surface area contributed by atoms with Crippen molar-refractivity contribution in [2.45, 2.75) is 6.92 Å². The van der Waals surface area contributed by atoms with E-state index < -0.39 is 0 Å². The molecule has 2 aromatic carbocycles. The summed E-state index contributed by atoms with van der Waals surface area (Å²) in [6.07, 6.45) is 0. The van der Waals surface area contributed by atoms with Gasteiger partial charge in [-0.2, -0.15) is 0 Å². The van der Waals surface area contributed by atoms with E-state index in [0.717, 1.165) is 11.3 Å². The first-order valence-corrected chi connectivity index (χ1v) is 6.39. The molecule has 3 rings (SSSR count). The Hall–Kier alpha value is -2.49. The van der Waals surface area contributed by atoms with Gasteiger partial charge in [-0.05, 0) is 6.92 Å². The highest BCUT2D eigenvalue weighted by Crippen LogP contribution is 2.43. The SMILES string of the molecule is Cc1c2cc(N(C)C)c(C(=O)c3ccccc3)c1OO2. The van der Waals surface area contributed by atoms with Gasteiger partial charge in [0, 0.05) is 31.3 Å². The molecule has 0 atom stereocenters. The zero-order valence-electron chi connectivity index (χ0n) is 11.6. The Morgan fingerprint density at radius 1 is 1.10 bits per heavy atom. The summed E-state index contributed by atoms with van der Waals surface area (Å²) in [6.45, 7) is 1.89. The quantitative estimate of drug-likeness (QED) is 0.634. The van der Waals surface area contributed by atoms with Crippen molar-refractivity contribution < 1.29 is 14.6 Å². The Bertz CT molecular complexity index is 678. The largest absolute Gasteiger partial charge is 0.377 e. The average molecular weight is 269 g/mol. The van der Waals surface area contributed by atoms with Gasteiger partial charge >= 0.3 is 0 Å². The molecule has 1 aliphatic heterocycles. The van der Waals surface area contributed by atoms with Crippen molar-refractivity contribution in [3.63, 3.8) is 0 Å². The van der Waals surface area contributed by atoms with Gasteiger partial charge in [-0.25, -0.2) is 0 Å². The predicted octanol–water partition coefficient (Wildman–Crippen LogP) is 2.98.